The molecule has 0 saturated carbocycles. The maximum atomic E-state index is 5.36. The summed E-state index contributed by atoms with van der Waals surface area (Å²) in [4.78, 5) is 7.27. The molecule has 1 fully saturated rings. The van der Waals surface area contributed by atoms with E-state index >= 15 is 0 Å². The van der Waals surface area contributed by atoms with Crippen molar-refractivity contribution in [3.8, 4) is 0 Å². The van der Waals surface area contributed by atoms with Crippen molar-refractivity contribution in [1.29, 1.82) is 0 Å². The van der Waals surface area contributed by atoms with Crippen molar-refractivity contribution in [3.05, 3.63) is 35.4 Å². The number of piperidine rings is 1. The predicted octanol–water partition coefficient (Wildman–Crippen LogP) is 3.15. The Morgan fingerprint density at radius 2 is 1.92 bits per heavy atom. The number of hydrogen-bond acceptors (Lipinski definition) is 3. The van der Waals surface area contributed by atoms with Gasteiger partial charge in [0.2, 0.25) is 0 Å². The molecule has 26 heavy (non-hydrogen) atoms. The Morgan fingerprint density at radius 1 is 1.15 bits per heavy atom. The zero-order chi connectivity index (χ0) is 18.6. The molecule has 1 aromatic rings. The highest BCUT2D eigenvalue weighted by atomic mass is 16.5. The first-order chi connectivity index (χ1) is 12.7. The summed E-state index contributed by atoms with van der Waals surface area (Å²) >= 11 is 0. The van der Waals surface area contributed by atoms with Crippen LogP contribution in [0.3, 0.4) is 0 Å². The lowest BCUT2D eigenvalue weighted by Gasteiger charge is -2.33. The normalized spacial score (nSPS) is 18.7. The maximum Gasteiger partial charge on any atom is 0.191 e. The number of likely N-dealkylation sites (tertiary alicyclic amines) is 1. The molecule has 5 heteroatoms. The zero-order valence-corrected chi connectivity index (χ0v) is 16.8. The Balaban J connectivity index is 1.83. The highest BCUT2D eigenvalue weighted by molar-refractivity contribution is 5.79. The van der Waals surface area contributed by atoms with Crippen LogP contribution < -0.4 is 10.6 Å². The molecule has 1 aliphatic rings. The smallest absolute Gasteiger partial charge is 0.191 e. The molecule has 5 nitrogen and oxygen atoms in total. The summed E-state index contributed by atoms with van der Waals surface area (Å²) in [5.41, 5.74) is 2.63. The number of nitrogens with zero attached hydrogens (tertiary/aromatic N) is 2. The molecule has 0 radical (unpaired) electrons. The molecule has 1 heterocycles. The van der Waals surface area contributed by atoms with Crippen LogP contribution in [0.4, 0.5) is 0 Å². The van der Waals surface area contributed by atoms with Gasteiger partial charge in [0.15, 0.2) is 5.96 Å². The van der Waals surface area contributed by atoms with Crippen LogP contribution in [0.15, 0.2) is 29.3 Å². The number of hydrogen-bond donors (Lipinski definition) is 2. The van der Waals surface area contributed by atoms with E-state index in [1.54, 1.807) is 0 Å². The molecule has 1 aliphatic heterocycles. The molecule has 2 N–H and O–H groups in total. The largest absolute Gasteiger partial charge is 0.380 e. The lowest BCUT2D eigenvalue weighted by atomic mass is 10.0. The standard InChI is InChI=1S/C21H36N4O/c1-4-22-21(23-13-15-26-5-2)24-16-19-9-11-20(12-10-19)17-25-14-7-6-8-18(25)3/h9-12,18H,4-8,13-17H2,1-3H3,(H2,22,23,24). The second kappa shape index (κ2) is 11.9. The third-order valence-corrected chi connectivity index (χ3v) is 4.86. The van der Waals surface area contributed by atoms with Crippen molar-refractivity contribution in [2.45, 2.75) is 59.2 Å². The molecule has 0 amide bonds. The van der Waals surface area contributed by atoms with Gasteiger partial charge in [-0.25, -0.2) is 4.99 Å². The number of rotatable bonds is 9. The molecule has 0 spiro atoms. The third kappa shape index (κ3) is 7.34. The minimum atomic E-state index is 0.685. The molecular weight excluding hydrogens is 324 g/mol. The minimum absolute atomic E-state index is 0.685. The van der Waals surface area contributed by atoms with Gasteiger partial charge in [0.25, 0.3) is 0 Å². The SMILES string of the molecule is CCNC(=NCc1ccc(CN2CCCCC2C)cc1)NCCOCC. The van der Waals surface area contributed by atoms with Gasteiger partial charge in [0.1, 0.15) is 0 Å². The van der Waals surface area contributed by atoms with Crippen LogP contribution >= 0.6 is 0 Å². The van der Waals surface area contributed by atoms with E-state index in [1.807, 2.05) is 6.92 Å². The van der Waals surface area contributed by atoms with E-state index < -0.39 is 0 Å². The van der Waals surface area contributed by atoms with Crippen LogP contribution in [0.5, 0.6) is 0 Å². The quantitative estimate of drug-likeness (QED) is 0.403. The average Bonchev–Trinajstić information content (AvgIpc) is 2.66. The molecule has 1 saturated heterocycles. The van der Waals surface area contributed by atoms with Gasteiger partial charge >= 0.3 is 0 Å². The fraction of sp³-hybridized carbons (Fsp3) is 0.667. The fourth-order valence-corrected chi connectivity index (χ4v) is 3.28. The van der Waals surface area contributed by atoms with Crippen LogP contribution in [0.1, 0.15) is 51.2 Å². The lowest BCUT2D eigenvalue weighted by molar-refractivity contribution is 0.152. The van der Waals surface area contributed by atoms with E-state index in [2.05, 4.69) is 58.6 Å². The Hall–Kier alpha value is -1.59. The maximum absolute atomic E-state index is 5.36. The Bertz CT molecular complexity index is 529. The van der Waals surface area contributed by atoms with Crippen LogP contribution in [-0.2, 0) is 17.8 Å². The Labute approximate surface area is 159 Å². The van der Waals surface area contributed by atoms with E-state index in [-0.39, 0.29) is 0 Å². The van der Waals surface area contributed by atoms with E-state index in [4.69, 9.17) is 4.74 Å². The monoisotopic (exact) mass is 360 g/mol. The number of guanidine groups is 1. The van der Waals surface area contributed by atoms with E-state index in [0.717, 1.165) is 32.2 Å². The van der Waals surface area contributed by atoms with Gasteiger partial charge in [-0.2, -0.15) is 0 Å². The first kappa shape index (κ1) is 20.7. The van der Waals surface area contributed by atoms with Gasteiger partial charge in [0.05, 0.1) is 13.2 Å². The summed E-state index contributed by atoms with van der Waals surface area (Å²) in [6.07, 6.45) is 4.04. The summed E-state index contributed by atoms with van der Waals surface area (Å²) in [7, 11) is 0. The summed E-state index contributed by atoms with van der Waals surface area (Å²) in [5.74, 6) is 0.846. The van der Waals surface area contributed by atoms with E-state index in [9.17, 15) is 0 Å². The Kier molecular flexibility index (Phi) is 9.50. The van der Waals surface area contributed by atoms with Gasteiger partial charge in [-0.05, 0) is 51.3 Å². The molecule has 2 rings (SSSR count). The van der Waals surface area contributed by atoms with E-state index in [0.29, 0.717) is 19.2 Å². The topological polar surface area (TPSA) is 48.9 Å². The highest BCUT2D eigenvalue weighted by Gasteiger charge is 2.17. The van der Waals surface area contributed by atoms with Crippen LogP contribution in [0.2, 0.25) is 0 Å². The van der Waals surface area contributed by atoms with Crippen molar-refractivity contribution < 1.29 is 4.74 Å². The molecular formula is C21H36N4O. The second-order valence-electron chi connectivity index (χ2n) is 6.95. The predicted molar refractivity (Wildman–Crippen MR) is 109 cm³/mol. The molecule has 146 valence electrons. The molecule has 1 atom stereocenters. The highest BCUT2D eigenvalue weighted by Crippen LogP contribution is 2.19. The molecule has 1 unspecified atom stereocenters. The Morgan fingerprint density at radius 3 is 2.62 bits per heavy atom. The number of nitrogens with one attached hydrogen (secondary N) is 2. The minimum Gasteiger partial charge on any atom is -0.380 e. The summed E-state index contributed by atoms with van der Waals surface area (Å²) in [6.45, 7) is 12.5. The lowest BCUT2D eigenvalue weighted by Crippen LogP contribution is -2.39. The number of benzene rings is 1. The van der Waals surface area contributed by atoms with Gasteiger partial charge in [-0.1, -0.05) is 30.7 Å². The summed E-state index contributed by atoms with van der Waals surface area (Å²) in [6, 6.07) is 9.62. The van der Waals surface area contributed by atoms with Gasteiger partial charge < -0.3 is 15.4 Å². The van der Waals surface area contributed by atoms with Crippen molar-refractivity contribution >= 4 is 5.96 Å². The number of aliphatic imine (C=N–C) groups is 1. The second-order valence-corrected chi connectivity index (χ2v) is 6.95. The van der Waals surface area contributed by atoms with Crippen LogP contribution in [-0.4, -0.2) is 49.7 Å². The van der Waals surface area contributed by atoms with Gasteiger partial charge in [0, 0.05) is 32.3 Å². The first-order valence-corrected chi connectivity index (χ1v) is 10.1. The summed E-state index contributed by atoms with van der Waals surface area (Å²) in [5, 5.41) is 6.58. The van der Waals surface area contributed by atoms with Crippen molar-refractivity contribution in [2.75, 3.05) is 32.8 Å². The van der Waals surface area contributed by atoms with Crippen molar-refractivity contribution in [3.63, 3.8) is 0 Å². The molecule has 1 aromatic carbocycles. The fourth-order valence-electron chi connectivity index (χ4n) is 3.28. The zero-order valence-electron chi connectivity index (χ0n) is 16.8. The first-order valence-electron chi connectivity index (χ1n) is 10.1. The average molecular weight is 361 g/mol. The van der Waals surface area contributed by atoms with Crippen molar-refractivity contribution in [2.24, 2.45) is 4.99 Å². The van der Waals surface area contributed by atoms with Gasteiger partial charge in [-0.3, -0.25) is 4.90 Å². The third-order valence-electron chi connectivity index (χ3n) is 4.86. The molecule has 0 bridgehead atoms. The molecule has 0 aliphatic carbocycles. The number of ether oxygens (including phenoxy) is 1. The van der Waals surface area contributed by atoms with Crippen molar-refractivity contribution in [1.82, 2.24) is 15.5 Å². The van der Waals surface area contributed by atoms with Gasteiger partial charge in [-0.15, -0.1) is 0 Å². The van der Waals surface area contributed by atoms with Crippen LogP contribution in [0.25, 0.3) is 0 Å². The van der Waals surface area contributed by atoms with Crippen LogP contribution in [0, 0.1) is 0 Å². The van der Waals surface area contributed by atoms with E-state index in [1.165, 1.54) is 36.9 Å². The molecule has 0 aromatic heterocycles. The summed E-state index contributed by atoms with van der Waals surface area (Å²) < 4.78 is 5.36.